The molecule has 0 N–H and O–H groups in total. The van der Waals surface area contributed by atoms with E-state index >= 15 is 0 Å². The molecule has 0 radical (unpaired) electrons. The van der Waals surface area contributed by atoms with Gasteiger partial charge in [0.05, 0.1) is 6.42 Å². The maximum absolute atomic E-state index is 2.62. The summed E-state index contributed by atoms with van der Waals surface area (Å²) >= 11 is 0. The first-order valence-corrected chi connectivity index (χ1v) is 3.82. The molecule has 0 amide bonds. The maximum Gasteiger partial charge on any atom is 0.109 e. The van der Waals surface area contributed by atoms with Crippen LogP contribution >= 0.6 is 0 Å². The SMILES string of the molecule is [CH+]1C2CC3C4C1C2C34. The summed E-state index contributed by atoms with van der Waals surface area (Å²) in [5, 5.41) is 0. The lowest BCUT2D eigenvalue weighted by Crippen LogP contribution is -2.47. The van der Waals surface area contributed by atoms with E-state index in [1.165, 1.54) is 23.7 Å². The fraction of sp³-hybridized carbons (Fsp3) is 0.875. The standard InChI is InChI=1S/C8H9/c1-3-2-5-7-4(1)6(3)8(5)7/h1,3-8H,2H2/q+1. The Morgan fingerprint density at radius 2 is 2.12 bits per heavy atom. The summed E-state index contributed by atoms with van der Waals surface area (Å²) in [6.07, 6.45) is 4.21. The molecule has 0 aromatic carbocycles. The second-order valence-corrected chi connectivity index (χ2v) is 4.07. The highest BCUT2D eigenvalue weighted by Crippen LogP contribution is 2.84. The van der Waals surface area contributed by atoms with E-state index in [4.69, 9.17) is 0 Å². The molecule has 0 bridgehead atoms. The minimum absolute atomic E-state index is 1.12. The third-order valence-corrected chi connectivity index (χ3v) is 4.13. The van der Waals surface area contributed by atoms with Gasteiger partial charge in [-0.05, 0) is 18.3 Å². The van der Waals surface area contributed by atoms with Crippen LogP contribution in [0.3, 0.4) is 0 Å². The number of fused-ring (bicyclic) bond motifs is 2. The molecule has 8 heavy (non-hydrogen) atoms. The zero-order valence-corrected chi connectivity index (χ0v) is 4.75. The summed E-state index contributed by atoms with van der Waals surface area (Å²) in [6.45, 7) is 0. The van der Waals surface area contributed by atoms with Gasteiger partial charge in [-0.15, -0.1) is 0 Å². The highest BCUT2D eigenvalue weighted by Gasteiger charge is 2.86. The van der Waals surface area contributed by atoms with Crippen LogP contribution in [-0.2, 0) is 0 Å². The van der Waals surface area contributed by atoms with E-state index in [2.05, 4.69) is 6.42 Å². The Bertz CT molecular complexity index is 148. The Balaban J connectivity index is 2.00. The highest BCUT2D eigenvalue weighted by molar-refractivity contribution is 5.33. The van der Waals surface area contributed by atoms with Gasteiger partial charge in [0.2, 0.25) is 0 Å². The van der Waals surface area contributed by atoms with Crippen LogP contribution in [0, 0.1) is 41.9 Å². The molecule has 0 aliphatic heterocycles. The van der Waals surface area contributed by atoms with Crippen LogP contribution in [0.5, 0.6) is 0 Å². The molecule has 0 nitrogen and oxygen atoms in total. The average Bonchev–Trinajstić information content (AvgIpc) is 2.32. The van der Waals surface area contributed by atoms with Crippen LogP contribution < -0.4 is 0 Å². The van der Waals surface area contributed by atoms with Gasteiger partial charge in [0, 0.05) is 11.8 Å². The second-order valence-electron chi connectivity index (χ2n) is 4.07. The summed E-state index contributed by atoms with van der Waals surface area (Å²) in [5.74, 6) is 7.29. The van der Waals surface area contributed by atoms with Crippen molar-refractivity contribution >= 4 is 0 Å². The van der Waals surface area contributed by atoms with E-state index in [9.17, 15) is 0 Å². The molecule has 0 aromatic rings. The van der Waals surface area contributed by atoms with Crippen molar-refractivity contribution in [3.63, 3.8) is 0 Å². The molecular formula is C8H9+. The first-order chi connectivity index (χ1) is 3.97. The van der Waals surface area contributed by atoms with Gasteiger partial charge in [-0.3, -0.25) is 0 Å². The highest BCUT2D eigenvalue weighted by atomic mass is 14.8. The fourth-order valence-corrected chi connectivity index (χ4v) is 3.84. The van der Waals surface area contributed by atoms with Gasteiger partial charge in [0.25, 0.3) is 0 Å². The van der Waals surface area contributed by atoms with E-state index in [0.717, 1.165) is 11.8 Å². The Morgan fingerprint density at radius 3 is 2.38 bits per heavy atom. The summed E-state index contributed by atoms with van der Waals surface area (Å²) in [5.41, 5.74) is 0. The van der Waals surface area contributed by atoms with Gasteiger partial charge in [-0.25, -0.2) is 0 Å². The minimum atomic E-state index is 1.12. The van der Waals surface area contributed by atoms with Crippen molar-refractivity contribution in [3.05, 3.63) is 6.42 Å². The maximum atomic E-state index is 2.62. The monoisotopic (exact) mass is 105 g/mol. The average molecular weight is 105 g/mol. The smallest absolute Gasteiger partial charge is 0.0257 e. The molecule has 4 aliphatic rings. The fourth-order valence-electron chi connectivity index (χ4n) is 3.84. The van der Waals surface area contributed by atoms with Crippen molar-refractivity contribution in [2.75, 3.05) is 0 Å². The molecule has 4 fully saturated rings. The molecular weight excluding hydrogens is 96.1 g/mol. The van der Waals surface area contributed by atoms with Gasteiger partial charge in [-0.1, -0.05) is 0 Å². The van der Waals surface area contributed by atoms with Gasteiger partial charge < -0.3 is 0 Å². The lowest BCUT2D eigenvalue weighted by molar-refractivity contribution is 0.0250. The van der Waals surface area contributed by atoms with Crippen molar-refractivity contribution in [1.82, 2.24) is 0 Å². The molecule has 40 valence electrons. The van der Waals surface area contributed by atoms with Crippen LogP contribution in [0.15, 0.2) is 0 Å². The zero-order chi connectivity index (χ0) is 4.88. The summed E-state index contributed by atoms with van der Waals surface area (Å²) < 4.78 is 0. The molecule has 4 aliphatic carbocycles. The first-order valence-electron chi connectivity index (χ1n) is 3.82. The van der Waals surface area contributed by atoms with Crippen molar-refractivity contribution in [2.24, 2.45) is 35.5 Å². The van der Waals surface area contributed by atoms with Crippen molar-refractivity contribution in [1.29, 1.82) is 0 Å². The van der Waals surface area contributed by atoms with Gasteiger partial charge in [0.15, 0.2) is 0 Å². The molecule has 4 rings (SSSR count). The molecule has 4 saturated carbocycles. The molecule has 0 saturated heterocycles. The number of hydrogen-bond acceptors (Lipinski definition) is 0. The van der Waals surface area contributed by atoms with Gasteiger partial charge in [-0.2, -0.15) is 0 Å². The van der Waals surface area contributed by atoms with E-state index in [0.29, 0.717) is 0 Å². The van der Waals surface area contributed by atoms with E-state index in [1.807, 2.05) is 0 Å². The Hall–Kier alpha value is -0.130. The summed E-state index contributed by atoms with van der Waals surface area (Å²) in [4.78, 5) is 0. The zero-order valence-electron chi connectivity index (χ0n) is 4.75. The normalized spacial score (nSPS) is 86.0. The molecule has 6 atom stereocenters. The van der Waals surface area contributed by atoms with E-state index < -0.39 is 0 Å². The van der Waals surface area contributed by atoms with Crippen LogP contribution in [-0.4, -0.2) is 0 Å². The first kappa shape index (κ1) is 3.14. The number of hydrogen-bond donors (Lipinski definition) is 0. The quantitative estimate of drug-likeness (QED) is 0.408. The largest absolute Gasteiger partial charge is 0.109 e. The van der Waals surface area contributed by atoms with E-state index in [1.54, 1.807) is 6.42 Å². The summed E-state index contributed by atoms with van der Waals surface area (Å²) in [7, 11) is 0. The van der Waals surface area contributed by atoms with Crippen LogP contribution in [0.2, 0.25) is 0 Å². The topological polar surface area (TPSA) is 0 Å². The second kappa shape index (κ2) is 0.600. The Kier molecular flexibility index (Phi) is 0.236. The predicted octanol–water partition coefficient (Wildman–Crippen LogP) is 1.33. The predicted molar refractivity (Wildman–Crippen MR) is 29.9 cm³/mol. The Labute approximate surface area is 49.3 Å². The van der Waals surface area contributed by atoms with Crippen molar-refractivity contribution in [3.8, 4) is 0 Å². The summed E-state index contributed by atoms with van der Waals surface area (Å²) in [6, 6.07) is 0. The lowest BCUT2D eigenvalue weighted by atomic mass is 9.52. The van der Waals surface area contributed by atoms with Gasteiger partial charge >= 0.3 is 0 Å². The van der Waals surface area contributed by atoms with Crippen LogP contribution in [0.1, 0.15) is 6.42 Å². The van der Waals surface area contributed by atoms with Crippen LogP contribution in [0.4, 0.5) is 0 Å². The third-order valence-electron chi connectivity index (χ3n) is 4.13. The minimum Gasteiger partial charge on any atom is -0.0257 e. The third kappa shape index (κ3) is 0.121. The van der Waals surface area contributed by atoms with E-state index in [-0.39, 0.29) is 0 Å². The van der Waals surface area contributed by atoms with Crippen LogP contribution in [0.25, 0.3) is 0 Å². The molecule has 0 aromatic heterocycles. The Morgan fingerprint density at radius 1 is 1.12 bits per heavy atom. The van der Waals surface area contributed by atoms with Gasteiger partial charge in [0.1, 0.15) is 11.8 Å². The molecule has 0 spiro atoms. The van der Waals surface area contributed by atoms with Crippen molar-refractivity contribution < 1.29 is 0 Å². The lowest BCUT2D eigenvalue weighted by Gasteiger charge is -2.43. The molecule has 0 heterocycles. The number of rotatable bonds is 0. The molecule has 0 heteroatoms. The van der Waals surface area contributed by atoms with Crippen molar-refractivity contribution in [2.45, 2.75) is 6.42 Å². The molecule has 6 unspecified atom stereocenters.